The number of nitrogens with two attached hydrogens (primary N) is 1. The quantitative estimate of drug-likeness (QED) is 0.830. The normalized spacial score (nSPS) is 11.5. The number of halogens is 3. The highest BCUT2D eigenvalue weighted by Crippen LogP contribution is 2.16. The van der Waals surface area contributed by atoms with Crippen LogP contribution < -0.4 is 11.1 Å². The Kier molecular flexibility index (Phi) is 3.65. The molecule has 0 saturated heterocycles. The molecule has 1 rings (SSSR count). The highest BCUT2D eigenvalue weighted by molar-refractivity contribution is 6.32. The van der Waals surface area contributed by atoms with Gasteiger partial charge in [0, 0.05) is 0 Å². The van der Waals surface area contributed by atoms with Crippen LogP contribution in [-0.4, -0.2) is 24.9 Å². The highest BCUT2D eigenvalue weighted by Gasteiger charge is 2.27. The van der Waals surface area contributed by atoms with Crippen molar-refractivity contribution in [1.29, 1.82) is 0 Å². The van der Waals surface area contributed by atoms with Gasteiger partial charge < -0.3 is 15.5 Å². The first-order chi connectivity index (χ1) is 6.96. The van der Waals surface area contributed by atoms with Crippen LogP contribution in [0.4, 0.5) is 8.78 Å². The minimum atomic E-state index is -3.12. The molecule has 0 saturated carbocycles. The second-order valence-electron chi connectivity index (χ2n) is 2.85. The van der Waals surface area contributed by atoms with Crippen molar-refractivity contribution < 1.29 is 18.0 Å². The zero-order valence-electron chi connectivity index (χ0n) is 7.60. The zero-order chi connectivity index (χ0) is 11.5. The largest absolute Gasteiger partial charge is 0.452 e. The van der Waals surface area contributed by atoms with E-state index in [-0.39, 0.29) is 10.8 Å². The van der Waals surface area contributed by atoms with E-state index >= 15 is 0 Å². The topological polar surface area (TPSA) is 68.3 Å². The molecule has 7 heteroatoms. The van der Waals surface area contributed by atoms with Gasteiger partial charge in [-0.15, -0.1) is 0 Å². The lowest BCUT2D eigenvalue weighted by Gasteiger charge is -2.13. The molecule has 0 aliphatic rings. The summed E-state index contributed by atoms with van der Waals surface area (Å²) < 4.78 is 30.0. The number of carbonyl (C=O) groups excluding carboxylic acids is 1. The van der Waals surface area contributed by atoms with Crippen LogP contribution in [0.3, 0.4) is 0 Å². The summed E-state index contributed by atoms with van der Waals surface area (Å²) in [5.41, 5.74) is 4.81. The van der Waals surface area contributed by atoms with E-state index in [9.17, 15) is 13.6 Å². The third-order valence-corrected chi connectivity index (χ3v) is 1.96. The van der Waals surface area contributed by atoms with Gasteiger partial charge in [-0.1, -0.05) is 0 Å². The first kappa shape index (κ1) is 11.9. The molecule has 0 bridgehead atoms. The van der Waals surface area contributed by atoms with E-state index in [2.05, 4.69) is 4.42 Å². The summed E-state index contributed by atoms with van der Waals surface area (Å²) >= 11 is 5.48. The van der Waals surface area contributed by atoms with Crippen molar-refractivity contribution in [3.05, 3.63) is 23.1 Å². The van der Waals surface area contributed by atoms with Crippen molar-refractivity contribution in [1.82, 2.24) is 5.32 Å². The third-order valence-electron chi connectivity index (χ3n) is 1.67. The molecule has 0 aliphatic heterocycles. The van der Waals surface area contributed by atoms with Crippen LogP contribution in [0.25, 0.3) is 0 Å². The van der Waals surface area contributed by atoms with Crippen LogP contribution in [0.2, 0.25) is 5.22 Å². The summed E-state index contributed by atoms with van der Waals surface area (Å²) in [5.74, 6) is -3.84. The monoisotopic (exact) mass is 238 g/mol. The summed E-state index contributed by atoms with van der Waals surface area (Å²) in [6, 6.07) is 1.29. The van der Waals surface area contributed by atoms with Crippen molar-refractivity contribution in [3.8, 4) is 0 Å². The minimum absolute atomic E-state index is 0.0180. The molecule has 4 nitrogen and oxygen atoms in total. The molecule has 0 aromatic carbocycles. The van der Waals surface area contributed by atoms with E-state index in [0.29, 0.717) is 0 Å². The lowest BCUT2D eigenvalue weighted by Crippen LogP contribution is -2.41. The fourth-order valence-corrected chi connectivity index (χ4v) is 1.03. The second-order valence-corrected chi connectivity index (χ2v) is 3.19. The maximum absolute atomic E-state index is 12.7. The van der Waals surface area contributed by atoms with E-state index in [1.807, 2.05) is 5.32 Å². The van der Waals surface area contributed by atoms with Crippen LogP contribution >= 0.6 is 11.6 Å². The van der Waals surface area contributed by atoms with Gasteiger partial charge in [-0.2, -0.15) is 0 Å². The maximum Gasteiger partial charge on any atom is 0.277 e. The third kappa shape index (κ3) is 3.17. The van der Waals surface area contributed by atoms with Crippen LogP contribution in [0.5, 0.6) is 0 Å². The van der Waals surface area contributed by atoms with Crippen LogP contribution in [0, 0.1) is 0 Å². The predicted molar refractivity (Wildman–Crippen MR) is 50.1 cm³/mol. The summed E-state index contributed by atoms with van der Waals surface area (Å²) in [7, 11) is 0. The molecule has 0 atom stereocenters. The Morgan fingerprint density at radius 2 is 2.33 bits per heavy atom. The van der Waals surface area contributed by atoms with Crippen LogP contribution in [-0.2, 0) is 0 Å². The summed E-state index contributed by atoms with van der Waals surface area (Å²) in [6.45, 7) is -1.66. The standard InChI is InChI=1S/C8H9ClF2N2O2/c9-6-5(1-2-15-6)7(14)13-4-8(10,11)3-12/h1-2H,3-4,12H2,(H,13,14). The Labute approximate surface area is 89.4 Å². The molecule has 84 valence electrons. The van der Waals surface area contributed by atoms with Gasteiger partial charge >= 0.3 is 0 Å². The molecule has 0 fully saturated rings. The number of nitrogens with one attached hydrogen (secondary N) is 1. The van der Waals surface area contributed by atoms with E-state index in [1.54, 1.807) is 0 Å². The lowest BCUT2D eigenvalue weighted by atomic mass is 10.3. The Bertz CT molecular complexity index is 354. The summed E-state index contributed by atoms with van der Waals surface area (Å²) in [4.78, 5) is 11.3. The first-order valence-corrected chi connectivity index (χ1v) is 4.43. The molecule has 3 N–H and O–H groups in total. The molecular formula is C8H9ClF2N2O2. The van der Waals surface area contributed by atoms with Crippen LogP contribution in [0.15, 0.2) is 16.7 Å². The number of hydrogen-bond acceptors (Lipinski definition) is 3. The Hall–Kier alpha value is -1.14. The van der Waals surface area contributed by atoms with E-state index in [0.717, 1.165) is 0 Å². The van der Waals surface area contributed by atoms with Gasteiger partial charge in [-0.3, -0.25) is 4.79 Å². The Morgan fingerprint density at radius 1 is 1.67 bits per heavy atom. The lowest BCUT2D eigenvalue weighted by molar-refractivity contribution is 0.0118. The van der Waals surface area contributed by atoms with Gasteiger partial charge in [0.1, 0.15) is 0 Å². The van der Waals surface area contributed by atoms with Crippen molar-refractivity contribution in [2.45, 2.75) is 5.92 Å². The maximum atomic E-state index is 12.7. The molecule has 1 aromatic heterocycles. The van der Waals surface area contributed by atoms with Crippen LogP contribution in [0.1, 0.15) is 10.4 Å². The van der Waals surface area contributed by atoms with Gasteiger partial charge in [0.25, 0.3) is 11.8 Å². The number of furan rings is 1. The number of carbonyl (C=O) groups is 1. The van der Waals surface area contributed by atoms with Crippen molar-refractivity contribution >= 4 is 17.5 Å². The van der Waals surface area contributed by atoms with Gasteiger partial charge in [0.2, 0.25) is 5.22 Å². The molecule has 15 heavy (non-hydrogen) atoms. The number of alkyl halides is 2. The van der Waals surface area contributed by atoms with E-state index < -0.39 is 24.9 Å². The van der Waals surface area contributed by atoms with Gasteiger partial charge in [0.15, 0.2) is 0 Å². The minimum Gasteiger partial charge on any atom is -0.452 e. The summed E-state index contributed by atoms with van der Waals surface area (Å²) in [6.07, 6.45) is 1.19. The van der Waals surface area contributed by atoms with Gasteiger partial charge in [0.05, 0.1) is 24.9 Å². The smallest absolute Gasteiger partial charge is 0.277 e. The predicted octanol–water partition coefficient (Wildman–Crippen LogP) is 1.26. The number of amides is 1. The Morgan fingerprint density at radius 3 is 2.80 bits per heavy atom. The highest BCUT2D eigenvalue weighted by atomic mass is 35.5. The van der Waals surface area contributed by atoms with Crippen molar-refractivity contribution in [2.75, 3.05) is 13.1 Å². The second kappa shape index (κ2) is 4.59. The molecule has 0 unspecified atom stereocenters. The Balaban J connectivity index is 2.55. The van der Waals surface area contributed by atoms with E-state index in [4.69, 9.17) is 17.3 Å². The summed E-state index contributed by atoms with van der Waals surface area (Å²) in [5, 5.41) is 1.87. The molecule has 0 aliphatic carbocycles. The molecular weight excluding hydrogens is 230 g/mol. The average Bonchev–Trinajstić information content (AvgIpc) is 2.61. The average molecular weight is 239 g/mol. The molecule has 1 heterocycles. The molecule has 1 aromatic rings. The zero-order valence-corrected chi connectivity index (χ0v) is 8.35. The first-order valence-electron chi connectivity index (χ1n) is 4.05. The molecule has 0 spiro atoms. The van der Waals surface area contributed by atoms with Gasteiger partial charge in [-0.05, 0) is 17.7 Å². The fraction of sp³-hybridized carbons (Fsp3) is 0.375. The van der Waals surface area contributed by atoms with Gasteiger partial charge in [-0.25, -0.2) is 8.78 Å². The molecule has 1 amide bonds. The number of hydrogen-bond donors (Lipinski definition) is 2. The van der Waals surface area contributed by atoms with Crippen molar-refractivity contribution in [3.63, 3.8) is 0 Å². The molecule has 0 radical (unpaired) electrons. The fourth-order valence-electron chi connectivity index (χ4n) is 0.833. The van der Waals surface area contributed by atoms with E-state index in [1.165, 1.54) is 12.3 Å². The van der Waals surface area contributed by atoms with Crippen molar-refractivity contribution in [2.24, 2.45) is 5.73 Å². The SMILES string of the molecule is NCC(F)(F)CNC(=O)c1ccoc1Cl. The number of rotatable bonds is 4.